The summed E-state index contributed by atoms with van der Waals surface area (Å²) in [6, 6.07) is 5.74. The second-order valence-corrected chi connectivity index (χ2v) is 3.93. The highest BCUT2D eigenvalue weighted by Gasteiger charge is 2.20. The molecule has 0 saturated heterocycles. The number of para-hydroxylation sites is 1. The Morgan fingerprint density at radius 3 is 2.67 bits per heavy atom. The molecule has 1 amide bonds. The van der Waals surface area contributed by atoms with Crippen LogP contribution in [0, 0.1) is 10.1 Å². The predicted octanol–water partition coefficient (Wildman–Crippen LogP) is 1.56. The molecule has 0 atom stereocenters. The van der Waals surface area contributed by atoms with E-state index in [0.717, 1.165) is 0 Å². The molecule has 0 fully saturated rings. The highest BCUT2D eigenvalue weighted by atomic mass is 32.1. The number of carbonyl (C=O) groups is 1. The Kier molecular flexibility index (Phi) is 4.73. The lowest BCUT2D eigenvalue weighted by Crippen LogP contribution is -2.40. The van der Waals surface area contributed by atoms with Gasteiger partial charge in [-0.15, -0.1) is 0 Å². The van der Waals surface area contributed by atoms with Gasteiger partial charge in [-0.3, -0.25) is 20.2 Å². The summed E-state index contributed by atoms with van der Waals surface area (Å²) in [5, 5.41) is 13.5. The average molecular weight is 267 g/mol. The topological polar surface area (TPSA) is 75.5 Å². The maximum absolute atomic E-state index is 11.9. The molecule has 6 nitrogen and oxygen atoms in total. The molecule has 1 N–H and O–H groups in total. The quantitative estimate of drug-likeness (QED) is 0.511. The van der Waals surface area contributed by atoms with Gasteiger partial charge in [0.25, 0.3) is 11.6 Å². The van der Waals surface area contributed by atoms with Gasteiger partial charge in [0.15, 0.2) is 5.11 Å². The van der Waals surface area contributed by atoms with Crippen molar-refractivity contribution in [3.8, 4) is 0 Å². The Morgan fingerprint density at radius 1 is 1.50 bits per heavy atom. The van der Waals surface area contributed by atoms with Crippen LogP contribution in [0.1, 0.15) is 17.3 Å². The first kappa shape index (κ1) is 14.0. The Labute approximate surface area is 110 Å². The van der Waals surface area contributed by atoms with Gasteiger partial charge in [-0.1, -0.05) is 12.1 Å². The van der Waals surface area contributed by atoms with Crippen molar-refractivity contribution >= 4 is 28.9 Å². The van der Waals surface area contributed by atoms with Crippen molar-refractivity contribution in [2.24, 2.45) is 0 Å². The van der Waals surface area contributed by atoms with Crippen molar-refractivity contribution in [2.45, 2.75) is 6.92 Å². The summed E-state index contributed by atoms with van der Waals surface area (Å²) in [4.78, 5) is 23.7. The zero-order valence-electron chi connectivity index (χ0n) is 10.0. The molecule has 96 valence electrons. The van der Waals surface area contributed by atoms with Crippen molar-refractivity contribution < 1.29 is 9.72 Å². The van der Waals surface area contributed by atoms with Crippen LogP contribution in [0.4, 0.5) is 5.69 Å². The van der Waals surface area contributed by atoms with Gasteiger partial charge in [-0.2, -0.15) is 0 Å². The van der Waals surface area contributed by atoms with E-state index in [9.17, 15) is 14.9 Å². The summed E-state index contributed by atoms with van der Waals surface area (Å²) in [6.07, 6.45) is 0. The fourth-order valence-corrected chi connectivity index (χ4v) is 1.45. The van der Waals surface area contributed by atoms with Gasteiger partial charge in [0, 0.05) is 19.7 Å². The third-order valence-electron chi connectivity index (χ3n) is 2.39. The lowest BCUT2D eigenvalue weighted by Gasteiger charge is -2.17. The second kappa shape index (κ2) is 6.06. The molecule has 7 heteroatoms. The van der Waals surface area contributed by atoms with Crippen LogP contribution in [0.15, 0.2) is 24.3 Å². The van der Waals surface area contributed by atoms with Crippen LogP contribution in [0.3, 0.4) is 0 Å². The number of hydrogen-bond acceptors (Lipinski definition) is 4. The number of rotatable bonds is 3. The van der Waals surface area contributed by atoms with Crippen LogP contribution in [-0.4, -0.2) is 34.4 Å². The van der Waals surface area contributed by atoms with E-state index < -0.39 is 10.8 Å². The Bertz CT molecular complexity index is 490. The van der Waals surface area contributed by atoms with Crippen LogP contribution in [0.25, 0.3) is 0 Å². The van der Waals surface area contributed by atoms with Crippen LogP contribution in [0.5, 0.6) is 0 Å². The summed E-state index contributed by atoms with van der Waals surface area (Å²) in [5.74, 6) is -0.576. The van der Waals surface area contributed by atoms with E-state index in [1.807, 2.05) is 6.92 Å². The molecule has 0 aliphatic rings. The molecule has 0 saturated carbocycles. The lowest BCUT2D eigenvalue weighted by atomic mass is 10.1. The smallest absolute Gasteiger partial charge is 0.282 e. The zero-order valence-corrected chi connectivity index (χ0v) is 10.9. The summed E-state index contributed by atoms with van der Waals surface area (Å²) in [6.45, 7) is 2.51. The minimum absolute atomic E-state index is 0.00523. The normalized spacial score (nSPS) is 9.67. The first-order chi connectivity index (χ1) is 8.47. The molecule has 1 rings (SSSR count). The van der Waals surface area contributed by atoms with Gasteiger partial charge in [-0.25, -0.2) is 0 Å². The molecule has 0 radical (unpaired) electrons. The summed E-state index contributed by atoms with van der Waals surface area (Å²) >= 11 is 4.99. The molecule has 18 heavy (non-hydrogen) atoms. The number of amides is 1. The van der Waals surface area contributed by atoms with Crippen LogP contribution in [0.2, 0.25) is 0 Å². The van der Waals surface area contributed by atoms with E-state index in [1.165, 1.54) is 18.2 Å². The van der Waals surface area contributed by atoms with Gasteiger partial charge in [0.05, 0.1) is 4.92 Å². The standard InChI is InChI=1S/C11H13N3O3S/c1-3-13(2)11(18)12-10(15)8-6-4-5-7-9(8)14(16)17/h4-7H,3H2,1-2H3,(H,12,15,18). The number of nitro benzene ring substituents is 1. The Balaban J connectivity index is 2.92. The Hall–Kier alpha value is -2.02. The number of nitro groups is 1. The van der Waals surface area contributed by atoms with Crippen molar-refractivity contribution in [3.63, 3.8) is 0 Å². The molecule has 0 aromatic heterocycles. The summed E-state index contributed by atoms with van der Waals surface area (Å²) in [5.41, 5.74) is -0.244. The van der Waals surface area contributed by atoms with E-state index in [-0.39, 0.29) is 16.4 Å². The first-order valence-corrected chi connectivity index (χ1v) is 5.68. The lowest BCUT2D eigenvalue weighted by molar-refractivity contribution is -0.385. The SMILES string of the molecule is CCN(C)C(=S)NC(=O)c1ccccc1[N+](=O)[O-]. The zero-order chi connectivity index (χ0) is 13.7. The number of nitrogens with zero attached hydrogens (tertiary/aromatic N) is 2. The highest BCUT2D eigenvalue weighted by Crippen LogP contribution is 2.17. The predicted molar refractivity (Wildman–Crippen MR) is 71.5 cm³/mol. The molecular weight excluding hydrogens is 254 g/mol. The van der Waals surface area contributed by atoms with Gasteiger partial charge in [0.1, 0.15) is 5.56 Å². The van der Waals surface area contributed by atoms with Crippen LogP contribution >= 0.6 is 12.2 Å². The third-order valence-corrected chi connectivity index (χ3v) is 2.80. The van der Waals surface area contributed by atoms with Crippen molar-refractivity contribution in [3.05, 3.63) is 39.9 Å². The minimum Gasteiger partial charge on any atom is -0.352 e. The van der Waals surface area contributed by atoms with E-state index >= 15 is 0 Å². The second-order valence-electron chi connectivity index (χ2n) is 3.55. The van der Waals surface area contributed by atoms with Gasteiger partial charge >= 0.3 is 0 Å². The van der Waals surface area contributed by atoms with Crippen LogP contribution in [-0.2, 0) is 0 Å². The maximum Gasteiger partial charge on any atom is 0.282 e. The van der Waals surface area contributed by atoms with Crippen molar-refractivity contribution in [1.82, 2.24) is 10.2 Å². The minimum atomic E-state index is -0.596. The van der Waals surface area contributed by atoms with Crippen LogP contribution < -0.4 is 5.32 Å². The monoisotopic (exact) mass is 267 g/mol. The van der Waals surface area contributed by atoms with Crippen molar-refractivity contribution in [2.75, 3.05) is 13.6 Å². The number of nitrogens with one attached hydrogen (secondary N) is 1. The average Bonchev–Trinajstić information content (AvgIpc) is 2.37. The molecule has 0 bridgehead atoms. The molecule has 0 heterocycles. The summed E-state index contributed by atoms with van der Waals surface area (Å²) < 4.78 is 0. The van der Waals surface area contributed by atoms with Gasteiger partial charge in [-0.05, 0) is 25.2 Å². The fraction of sp³-hybridized carbons (Fsp3) is 0.273. The molecule has 1 aromatic carbocycles. The molecule has 0 aliphatic carbocycles. The van der Waals surface area contributed by atoms with Gasteiger partial charge < -0.3 is 4.90 Å². The third kappa shape index (κ3) is 3.24. The van der Waals surface area contributed by atoms with Crippen molar-refractivity contribution in [1.29, 1.82) is 0 Å². The fourth-order valence-electron chi connectivity index (χ4n) is 1.23. The largest absolute Gasteiger partial charge is 0.352 e. The van der Waals surface area contributed by atoms with E-state index in [2.05, 4.69) is 5.32 Å². The Morgan fingerprint density at radius 2 is 2.11 bits per heavy atom. The maximum atomic E-state index is 11.9. The number of carbonyl (C=O) groups excluding carboxylic acids is 1. The number of hydrogen-bond donors (Lipinski definition) is 1. The van der Waals surface area contributed by atoms with E-state index in [0.29, 0.717) is 6.54 Å². The van der Waals surface area contributed by atoms with E-state index in [1.54, 1.807) is 18.0 Å². The highest BCUT2D eigenvalue weighted by molar-refractivity contribution is 7.80. The number of benzene rings is 1. The molecular formula is C11H13N3O3S. The summed E-state index contributed by atoms with van der Waals surface area (Å²) in [7, 11) is 1.72. The molecule has 0 spiro atoms. The molecule has 1 aromatic rings. The first-order valence-electron chi connectivity index (χ1n) is 5.27. The van der Waals surface area contributed by atoms with E-state index in [4.69, 9.17) is 12.2 Å². The van der Waals surface area contributed by atoms with Gasteiger partial charge in [0.2, 0.25) is 0 Å². The molecule has 0 aliphatic heterocycles. The molecule has 0 unspecified atom stereocenters. The number of thiocarbonyl (C=S) groups is 1.